The number of amidine groups is 1. The van der Waals surface area contributed by atoms with Gasteiger partial charge in [-0.1, -0.05) is 23.7 Å². The zero-order valence-corrected chi connectivity index (χ0v) is 27.2. The lowest BCUT2D eigenvalue weighted by Crippen LogP contribution is -2.52. The smallest absolute Gasteiger partial charge is 0.338 e. The van der Waals surface area contributed by atoms with E-state index in [1.54, 1.807) is 18.5 Å². The molecule has 3 unspecified atom stereocenters. The highest BCUT2D eigenvalue weighted by atomic mass is 35.5. The number of esters is 1. The van der Waals surface area contributed by atoms with Crippen LogP contribution in [0.4, 0.5) is 13.2 Å². The van der Waals surface area contributed by atoms with Gasteiger partial charge in [0.05, 0.1) is 41.7 Å². The van der Waals surface area contributed by atoms with E-state index in [-0.39, 0.29) is 60.4 Å². The Balaban J connectivity index is 1.56. The maximum atomic E-state index is 15.9. The Hall–Kier alpha value is -3.53. The molecule has 0 bridgehead atoms. The van der Waals surface area contributed by atoms with E-state index in [1.807, 2.05) is 0 Å². The lowest BCUT2D eigenvalue weighted by molar-refractivity contribution is -0.156. The molecule has 2 aromatic rings. The van der Waals surface area contributed by atoms with Crippen LogP contribution in [0, 0.1) is 11.2 Å². The van der Waals surface area contributed by atoms with Crippen molar-refractivity contribution in [2.24, 2.45) is 10.4 Å². The summed E-state index contributed by atoms with van der Waals surface area (Å²) in [4.78, 5) is 48.4. The van der Waals surface area contributed by atoms with E-state index in [4.69, 9.17) is 16.3 Å². The van der Waals surface area contributed by atoms with Crippen molar-refractivity contribution in [3.63, 3.8) is 0 Å². The maximum absolute atomic E-state index is 15.9. The number of thiazole rings is 1. The third kappa shape index (κ3) is 6.37. The Morgan fingerprint density at radius 3 is 2.65 bits per heavy atom. The Morgan fingerprint density at radius 2 is 2.02 bits per heavy atom. The fraction of sp³-hybridized carbons (Fsp3) is 0.500. The molecule has 3 aliphatic heterocycles. The van der Waals surface area contributed by atoms with Crippen LogP contribution in [0.2, 0.25) is 5.02 Å². The summed E-state index contributed by atoms with van der Waals surface area (Å²) in [5.41, 5.74) is -0.862. The molecule has 2 N–H and O–H groups in total. The molecule has 11 nitrogen and oxygen atoms in total. The molecular weight excluding hydrogens is 649 g/mol. The van der Waals surface area contributed by atoms with Crippen LogP contribution in [-0.4, -0.2) is 99.5 Å². The number of amides is 1. The SMILES string of the molecule is CCOC(=O)C1=C(CN2CC(F)(F)C3C2CN(C(C)=O)N3CCC(C)(C)C(=O)O)NC(c2nccs2)=NC1c1cccc(F)c1Cl. The number of nitrogens with one attached hydrogen (secondary N) is 1. The van der Waals surface area contributed by atoms with Gasteiger partial charge in [-0.05, 0) is 33.3 Å². The molecule has 16 heteroatoms. The van der Waals surface area contributed by atoms with Crippen molar-refractivity contribution in [1.82, 2.24) is 25.2 Å². The van der Waals surface area contributed by atoms with Gasteiger partial charge in [0.2, 0.25) is 5.91 Å². The molecule has 2 fully saturated rings. The van der Waals surface area contributed by atoms with E-state index < -0.39 is 59.7 Å². The number of carbonyl (C=O) groups is 3. The lowest BCUT2D eigenvalue weighted by atomic mass is 9.89. The zero-order chi connectivity index (χ0) is 33.6. The zero-order valence-electron chi connectivity index (χ0n) is 25.6. The predicted octanol–water partition coefficient (Wildman–Crippen LogP) is 4.11. The molecule has 1 amide bonds. The Bertz CT molecular complexity index is 1590. The number of hydrogen-bond donors (Lipinski definition) is 2. The Labute approximate surface area is 272 Å². The first-order chi connectivity index (χ1) is 21.7. The maximum Gasteiger partial charge on any atom is 0.338 e. The average Bonchev–Trinajstić information content (AvgIpc) is 3.71. The van der Waals surface area contributed by atoms with Gasteiger partial charge in [0.25, 0.3) is 5.92 Å². The van der Waals surface area contributed by atoms with Gasteiger partial charge in [0.15, 0.2) is 10.8 Å². The first-order valence-electron chi connectivity index (χ1n) is 14.6. The van der Waals surface area contributed by atoms with Crippen molar-refractivity contribution >= 4 is 46.6 Å². The molecule has 3 atom stereocenters. The molecule has 248 valence electrons. The van der Waals surface area contributed by atoms with Gasteiger partial charge in [-0.25, -0.2) is 28.0 Å². The van der Waals surface area contributed by atoms with E-state index >= 15 is 8.78 Å². The normalized spacial score (nSPS) is 23.3. The summed E-state index contributed by atoms with van der Waals surface area (Å²) in [5.74, 6) is -6.12. The molecule has 4 heterocycles. The molecule has 0 spiro atoms. The summed E-state index contributed by atoms with van der Waals surface area (Å²) >= 11 is 7.63. The number of ether oxygens (including phenoxy) is 1. The summed E-state index contributed by atoms with van der Waals surface area (Å²) < 4.78 is 51.9. The number of aromatic nitrogens is 1. The number of rotatable bonds is 10. The Kier molecular flexibility index (Phi) is 9.51. The number of hydrogen-bond acceptors (Lipinski definition) is 10. The number of benzene rings is 1. The first kappa shape index (κ1) is 33.8. The molecule has 3 aliphatic rings. The van der Waals surface area contributed by atoms with Crippen LogP contribution < -0.4 is 5.32 Å². The minimum atomic E-state index is -3.31. The fourth-order valence-electron chi connectivity index (χ4n) is 6.05. The second-order valence-corrected chi connectivity index (χ2v) is 13.3. The number of carboxylic acid groups (broad SMARTS) is 1. The van der Waals surface area contributed by atoms with Crippen LogP contribution in [0.5, 0.6) is 0 Å². The van der Waals surface area contributed by atoms with Gasteiger partial charge < -0.3 is 15.2 Å². The van der Waals surface area contributed by atoms with Crippen molar-refractivity contribution in [3.8, 4) is 0 Å². The molecule has 5 rings (SSSR count). The second kappa shape index (κ2) is 12.9. The summed E-state index contributed by atoms with van der Waals surface area (Å²) in [6.07, 6.45) is 1.58. The number of carbonyl (C=O) groups excluding carboxylic acids is 2. The number of fused-ring (bicyclic) bond motifs is 1. The molecular formula is C30H34ClF3N6O5S. The van der Waals surface area contributed by atoms with E-state index in [0.717, 1.165) is 0 Å². The quantitative estimate of drug-likeness (QED) is 0.356. The molecule has 0 saturated carbocycles. The number of likely N-dealkylation sites (tertiary alicyclic amines) is 1. The minimum Gasteiger partial charge on any atom is -0.481 e. The van der Waals surface area contributed by atoms with Crippen LogP contribution >= 0.6 is 22.9 Å². The van der Waals surface area contributed by atoms with E-state index in [2.05, 4.69) is 15.3 Å². The van der Waals surface area contributed by atoms with Gasteiger partial charge in [0, 0.05) is 42.9 Å². The predicted molar refractivity (Wildman–Crippen MR) is 164 cm³/mol. The highest BCUT2D eigenvalue weighted by Crippen LogP contribution is 2.43. The number of nitrogens with zero attached hydrogens (tertiary/aromatic N) is 5. The van der Waals surface area contributed by atoms with Gasteiger partial charge >= 0.3 is 11.9 Å². The average molecular weight is 683 g/mol. The van der Waals surface area contributed by atoms with E-state index in [9.17, 15) is 23.9 Å². The fourth-order valence-corrected chi connectivity index (χ4v) is 6.87. The van der Waals surface area contributed by atoms with E-state index in [1.165, 1.54) is 65.2 Å². The lowest BCUT2D eigenvalue weighted by Gasteiger charge is -2.35. The van der Waals surface area contributed by atoms with Crippen molar-refractivity contribution in [3.05, 3.63) is 62.5 Å². The van der Waals surface area contributed by atoms with Crippen LogP contribution in [0.15, 0.2) is 46.0 Å². The summed E-state index contributed by atoms with van der Waals surface area (Å²) in [6.45, 7) is 4.82. The highest BCUT2D eigenvalue weighted by molar-refractivity contribution is 7.11. The number of aliphatic carboxylic acids is 1. The second-order valence-electron chi connectivity index (χ2n) is 12.0. The van der Waals surface area contributed by atoms with Crippen LogP contribution in [-0.2, 0) is 19.1 Å². The Morgan fingerprint density at radius 1 is 1.28 bits per heavy atom. The first-order valence-corrected chi connectivity index (χ1v) is 15.9. The highest BCUT2D eigenvalue weighted by Gasteiger charge is 2.62. The third-order valence-corrected chi connectivity index (χ3v) is 9.65. The summed E-state index contributed by atoms with van der Waals surface area (Å²) in [7, 11) is 0. The number of alkyl halides is 2. The summed E-state index contributed by atoms with van der Waals surface area (Å²) in [6, 6.07) is 0.673. The molecule has 2 saturated heterocycles. The molecule has 0 aliphatic carbocycles. The third-order valence-electron chi connectivity index (χ3n) is 8.47. The van der Waals surface area contributed by atoms with Crippen molar-refractivity contribution < 1.29 is 37.4 Å². The number of aliphatic imine (C=N–C) groups is 1. The standard InChI is InChI=1S/C30H34ClF3N6O5S/c1-5-45-27(42)21-19(36-25(26-35-10-12-46-26)37-23(21)17-7-6-8-18(32)22(17)31)13-38-15-30(33,34)24-20(38)14-40(16(2)41)39(24)11-9-29(3,4)28(43)44/h6-8,10,12,20,23-24H,5,9,11,13-15H2,1-4H3,(H,36,37)(H,43,44). The van der Waals surface area contributed by atoms with Crippen LogP contribution in [0.1, 0.15) is 50.7 Å². The van der Waals surface area contributed by atoms with Crippen LogP contribution in [0.25, 0.3) is 0 Å². The molecule has 0 radical (unpaired) electrons. The molecule has 1 aromatic carbocycles. The van der Waals surface area contributed by atoms with Crippen molar-refractivity contribution in [1.29, 1.82) is 0 Å². The van der Waals surface area contributed by atoms with Gasteiger partial charge in [-0.2, -0.15) is 0 Å². The molecule has 1 aromatic heterocycles. The van der Waals surface area contributed by atoms with Gasteiger partial charge in [-0.3, -0.25) is 24.5 Å². The number of halogens is 4. The van der Waals surface area contributed by atoms with Crippen molar-refractivity contribution in [2.75, 3.05) is 32.8 Å². The largest absolute Gasteiger partial charge is 0.481 e. The monoisotopic (exact) mass is 682 g/mol. The number of carboxylic acids is 1. The number of hydrazine groups is 1. The topological polar surface area (TPSA) is 128 Å². The van der Waals surface area contributed by atoms with Crippen molar-refractivity contribution in [2.45, 2.75) is 58.2 Å². The van der Waals surface area contributed by atoms with Gasteiger partial charge in [-0.15, -0.1) is 11.3 Å². The van der Waals surface area contributed by atoms with Crippen LogP contribution in [0.3, 0.4) is 0 Å². The van der Waals surface area contributed by atoms with Gasteiger partial charge in [0.1, 0.15) is 17.9 Å². The summed E-state index contributed by atoms with van der Waals surface area (Å²) in [5, 5.41) is 17.1. The minimum absolute atomic E-state index is 0.00394. The van der Waals surface area contributed by atoms with E-state index in [0.29, 0.717) is 5.01 Å². The molecule has 46 heavy (non-hydrogen) atoms.